The molecule has 23 heavy (non-hydrogen) atoms. The molecule has 0 spiro atoms. The van der Waals surface area contributed by atoms with Gasteiger partial charge in [-0.05, 0) is 52.2 Å². The molecule has 1 saturated heterocycles. The standard InChI is InChI=1S/C17H23N3O3/c1-12-7-8-19-15(14(12)10-18)22-13-6-5-9-20(11-13)16(21)23-17(2,3)4/h7-8,13H,5-6,9,11H2,1-4H3/t13-/m1/s1. The summed E-state index contributed by atoms with van der Waals surface area (Å²) in [5.74, 6) is 0.337. The van der Waals surface area contributed by atoms with Crippen LogP contribution in [0.25, 0.3) is 0 Å². The number of pyridine rings is 1. The zero-order valence-electron chi connectivity index (χ0n) is 14.1. The number of carbonyl (C=O) groups is 1. The number of amides is 1. The van der Waals surface area contributed by atoms with Gasteiger partial charge < -0.3 is 14.4 Å². The van der Waals surface area contributed by atoms with Crippen molar-refractivity contribution < 1.29 is 14.3 Å². The second-order valence-electron chi connectivity index (χ2n) is 6.73. The second kappa shape index (κ2) is 6.86. The van der Waals surface area contributed by atoms with E-state index >= 15 is 0 Å². The van der Waals surface area contributed by atoms with Gasteiger partial charge in [-0.25, -0.2) is 9.78 Å². The minimum Gasteiger partial charge on any atom is -0.472 e. The van der Waals surface area contributed by atoms with Crippen LogP contribution in [0.1, 0.15) is 44.7 Å². The van der Waals surface area contributed by atoms with Crippen molar-refractivity contribution in [1.82, 2.24) is 9.88 Å². The van der Waals surface area contributed by atoms with Crippen LogP contribution in [0.2, 0.25) is 0 Å². The van der Waals surface area contributed by atoms with Crippen LogP contribution in [-0.4, -0.2) is 40.8 Å². The van der Waals surface area contributed by atoms with Gasteiger partial charge in [0.05, 0.1) is 6.54 Å². The SMILES string of the molecule is Cc1ccnc(O[C@@H]2CCCN(C(=O)OC(C)(C)C)C2)c1C#N. The minimum atomic E-state index is -0.517. The molecule has 2 rings (SSSR count). The van der Waals surface area contributed by atoms with E-state index in [4.69, 9.17) is 9.47 Å². The van der Waals surface area contributed by atoms with Gasteiger partial charge in [0.2, 0.25) is 5.88 Å². The third kappa shape index (κ3) is 4.59. The van der Waals surface area contributed by atoms with Crippen LogP contribution in [0.5, 0.6) is 5.88 Å². The molecule has 1 aromatic rings. The highest BCUT2D eigenvalue weighted by molar-refractivity contribution is 5.68. The van der Waals surface area contributed by atoms with E-state index in [-0.39, 0.29) is 12.2 Å². The van der Waals surface area contributed by atoms with Crippen molar-refractivity contribution in [3.05, 3.63) is 23.4 Å². The monoisotopic (exact) mass is 317 g/mol. The molecule has 1 aliphatic rings. The number of nitriles is 1. The summed E-state index contributed by atoms with van der Waals surface area (Å²) in [4.78, 5) is 18.0. The summed E-state index contributed by atoms with van der Waals surface area (Å²) in [6.07, 6.45) is 2.76. The molecule has 0 saturated carbocycles. The predicted molar refractivity (Wildman–Crippen MR) is 85.1 cm³/mol. The lowest BCUT2D eigenvalue weighted by molar-refractivity contribution is 0.00718. The highest BCUT2D eigenvalue weighted by atomic mass is 16.6. The van der Waals surface area contributed by atoms with E-state index in [1.807, 2.05) is 27.7 Å². The maximum atomic E-state index is 12.2. The Morgan fingerprint density at radius 1 is 1.48 bits per heavy atom. The molecule has 0 aromatic carbocycles. The van der Waals surface area contributed by atoms with Gasteiger partial charge in [-0.3, -0.25) is 0 Å². The number of aryl methyl sites for hydroxylation is 1. The highest BCUT2D eigenvalue weighted by Gasteiger charge is 2.29. The molecule has 1 aromatic heterocycles. The Labute approximate surface area is 137 Å². The average molecular weight is 317 g/mol. The van der Waals surface area contributed by atoms with Gasteiger partial charge in [0, 0.05) is 12.7 Å². The lowest BCUT2D eigenvalue weighted by Crippen LogP contribution is -2.46. The Hall–Kier alpha value is -2.29. The number of hydrogen-bond acceptors (Lipinski definition) is 5. The van der Waals surface area contributed by atoms with Gasteiger partial charge in [0.1, 0.15) is 23.3 Å². The molecule has 124 valence electrons. The Kier molecular flexibility index (Phi) is 5.09. The molecular formula is C17H23N3O3. The van der Waals surface area contributed by atoms with E-state index in [1.165, 1.54) is 0 Å². The second-order valence-corrected chi connectivity index (χ2v) is 6.73. The molecule has 1 aliphatic heterocycles. The fourth-order valence-electron chi connectivity index (χ4n) is 2.44. The van der Waals surface area contributed by atoms with Crippen LogP contribution in [-0.2, 0) is 4.74 Å². The summed E-state index contributed by atoms with van der Waals surface area (Å²) in [6, 6.07) is 3.90. The number of rotatable bonds is 2. The minimum absolute atomic E-state index is 0.183. The maximum Gasteiger partial charge on any atom is 0.410 e. The first-order valence-electron chi connectivity index (χ1n) is 7.80. The molecule has 0 radical (unpaired) electrons. The zero-order valence-corrected chi connectivity index (χ0v) is 14.1. The average Bonchev–Trinajstić information content (AvgIpc) is 2.46. The predicted octanol–water partition coefficient (Wildman–Crippen LogP) is 3.04. The maximum absolute atomic E-state index is 12.2. The Bertz CT molecular complexity index is 616. The van der Waals surface area contributed by atoms with Gasteiger partial charge >= 0.3 is 6.09 Å². The molecular weight excluding hydrogens is 294 g/mol. The first kappa shape index (κ1) is 17.1. The van der Waals surface area contributed by atoms with E-state index < -0.39 is 5.60 Å². The summed E-state index contributed by atoms with van der Waals surface area (Å²) < 4.78 is 11.3. The van der Waals surface area contributed by atoms with Crippen LogP contribution in [0.3, 0.4) is 0 Å². The van der Waals surface area contributed by atoms with Gasteiger partial charge in [-0.15, -0.1) is 0 Å². The highest BCUT2D eigenvalue weighted by Crippen LogP contribution is 2.23. The number of likely N-dealkylation sites (tertiary alicyclic amines) is 1. The molecule has 0 bridgehead atoms. The first-order chi connectivity index (χ1) is 10.8. The van der Waals surface area contributed by atoms with E-state index in [0.29, 0.717) is 24.5 Å². The Morgan fingerprint density at radius 3 is 2.87 bits per heavy atom. The van der Waals surface area contributed by atoms with Gasteiger partial charge in [-0.1, -0.05) is 0 Å². The lowest BCUT2D eigenvalue weighted by atomic mass is 10.1. The first-order valence-corrected chi connectivity index (χ1v) is 7.80. The third-order valence-electron chi connectivity index (χ3n) is 3.54. The summed E-state index contributed by atoms with van der Waals surface area (Å²) in [7, 11) is 0. The largest absolute Gasteiger partial charge is 0.472 e. The van der Waals surface area contributed by atoms with Crippen molar-refractivity contribution in [3.63, 3.8) is 0 Å². The van der Waals surface area contributed by atoms with E-state index in [0.717, 1.165) is 18.4 Å². The van der Waals surface area contributed by atoms with Crippen molar-refractivity contribution >= 4 is 6.09 Å². The molecule has 0 unspecified atom stereocenters. The van der Waals surface area contributed by atoms with Crippen molar-refractivity contribution in [3.8, 4) is 11.9 Å². The topological polar surface area (TPSA) is 75.4 Å². The van der Waals surface area contributed by atoms with Crippen molar-refractivity contribution in [2.45, 2.75) is 52.2 Å². The van der Waals surface area contributed by atoms with Crippen LogP contribution in [0, 0.1) is 18.3 Å². The lowest BCUT2D eigenvalue weighted by Gasteiger charge is -2.34. The molecule has 6 nitrogen and oxygen atoms in total. The number of piperidine rings is 1. The number of nitrogens with zero attached hydrogens (tertiary/aromatic N) is 3. The van der Waals surface area contributed by atoms with Gasteiger partial charge in [0.25, 0.3) is 0 Å². The molecule has 0 aliphatic carbocycles. The number of carbonyl (C=O) groups excluding carboxylic acids is 1. The number of hydrogen-bond donors (Lipinski definition) is 0. The zero-order chi connectivity index (χ0) is 17.0. The summed E-state index contributed by atoms with van der Waals surface area (Å²) in [5.41, 5.74) is 0.760. The van der Waals surface area contributed by atoms with Gasteiger partial charge in [-0.2, -0.15) is 5.26 Å². The van der Waals surface area contributed by atoms with Crippen molar-refractivity contribution in [2.75, 3.05) is 13.1 Å². The number of aromatic nitrogens is 1. The third-order valence-corrected chi connectivity index (χ3v) is 3.54. The van der Waals surface area contributed by atoms with E-state index in [1.54, 1.807) is 17.2 Å². The molecule has 2 heterocycles. The molecule has 6 heteroatoms. The quantitative estimate of drug-likeness (QED) is 0.838. The fraction of sp³-hybridized carbons (Fsp3) is 0.588. The van der Waals surface area contributed by atoms with Crippen LogP contribution >= 0.6 is 0 Å². The Balaban J connectivity index is 2.04. The van der Waals surface area contributed by atoms with Crippen LogP contribution < -0.4 is 4.74 Å². The van der Waals surface area contributed by atoms with Crippen LogP contribution in [0.15, 0.2) is 12.3 Å². The summed E-state index contributed by atoms with van der Waals surface area (Å²) in [5, 5.41) is 9.24. The summed E-state index contributed by atoms with van der Waals surface area (Å²) in [6.45, 7) is 8.48. The molecule has 1 amide bonds. The van der Waals surface area contributed by atoms with E-state index in [2.05, 4.69) is 11.1 Å². The van der Waals surface area contributed by atoms with Crippen LogP contribution in [0.4, 0.5) is 4.79 Å². The fourth-order valence-corrected chi connectivity index (χ4v) is 2.44. The van der Waals surface area contributed by atoms with Crippen molar-refractivity contribution in [1.29, 1.82) is 5.26 Å². The van der Waals surface area contributed by atoms with Crippen molar-refractivity contribution in [2.24, 2.45) is 0 Å². The number of ether oxygens (including phenoxy) is 2. The smallest absolute Gasteiger partial charge is 0.410 e. The van der Waals surface area contributed by atoms with E-state index in [9.17, 15) is 10.1 Å². The molecule has 0 N–H and O–H groups in total. The molecule has 1 atom stereocenters. The normalized spacial score (nSPS) is 18.2. The Morgan fingerprint density at radius 2 is 2.22 bits per heavy atom. The van der Waals surface area contributed by atoms with Gasteiger partial charge in [0.15, 0.2) is 0 Å². The summed E-state index contributed by atoms with van der Waals surface area (Å²) >= 11 is 0. The molecule has 1 fully saturated rings.